The number of aliphatic hydroxyl groups excluding tert-OH is 1. The van der Waals surface area contributed by atoms with E-state index in [1.54, 1.807) is 0 Å². The molecule has 0 aliphatic carbocycles. The van der Waals surface area contributed by atoms with E-state index in [0.29, 0.717) is 0 Å². The molecule has 2 aliphatic rings. The van der Waals surface area contributed by atoms with Crippen LogP contribution in [-0.4, -0.2) is 80.2 Å². The van der Waals surface area contributed by atoms with Crippen molar-refractivity contribution >= 4 is 0 Å². The highest BCUT2D eigenvalue weighted by atomic mass is 16.5. The maximum atomic E-state index is 8.83. The van der Waals surface area contributed by atoms with Gasteiger partial charge in [-0.25, -0.2) is 0 Å². The predicted octanol–water partition coefficient (Wildman–Crippen LogP) is -1.07. The van der Waals surface area contributed by atoms with Crippen LogP contribution in [0.2, 0.25) is 0 Å². The summed E-state index contributed by atoms with van der Waals surface area (Å²) in [5, 5.41) is 12.2. The van der Waals surface area contributed by atoms with E-state index in [-0.39, 0.29) is 12.8 Å². The molecule has 2 fully saturated rings. The van der Waals surface area contributed by atoms with Crippen LogP contribution in [0.25, 0.3) is 0 Å². The van der Waals surface area contributed by atoms with E-state index in [9.17, 15) is 0 Å². The summed E-state index contributed by atoms with van der Waals surface area (Å²) >= 11 is 0. The lowest BCUT2D eigenvalue weighted by Gasteiger charge is -2.40. The molecule has 5 heteroatoms. The van der Waals surface area contributed by atoms with Gasteiger partial charge in [0.15, 0.2) is 0 Å². The minimum absolute atomic E-state index is 0.259. The summed E-state index contributed by atoms with van der Waals surface area (Å²) in [4.78, 5) is 4.81. The average Bonchev–Trinajstić information content (AvgIpc) is 2.38. The first-order chi connectivity index (χ1) is 7.90. The van der Waals surface area contributed by atoms with Gasteiger partial charge in [-0.3, -0.25) is 9.80 Å². The Balaban J connectivity index is 1.76. The third kappa shape index (κ3) is 3.40. The second kappa shape index (κ2) is 6.51. The van der Waals surface area contributed by atoms with Crippen LogP contribution in [0.4, 0.5) is 0 Å². The number of morpholine rings is 1. The van der Waals surface area contributed by atoms with Crippen molar-refractivity contribution in [3.8, 4) is 0 Å². The predicted molar refractivity (Wildman–Crippen MR) is 62.3 cm³/mol. The fourth-order valence-electron chi connectivity index (χ4n) is 2.37. The van der Waals surface area contributed by atoms with Gasteiger partial charge in [0, 0.05) is 52.4 Å². The summed E-state index contributed by atoms with van der Waals surface area (Å²) in [5.41, 5.74) is 0. The van der Waals surface area contributed by atoms with Crippen LogP contribution in [0.5, 0.6) is 0 Å². The fourth-order valence-corrected chi connectivity index (χ4v) is 2.37. The number of rotatable bonds is 4. The summed E-state index contributed by atoms with van der Waals surface area (Å²) < 4.78 is 5.82. The van der Waals surface area contributed by atoms with Gasteiger partial charge in [-0.2, -0.15) is 0 Å². The quantitative estimate of drug-likeness (QED) is 0.643. The SMILES string of the molecule is OCCCN1CCOC(N2CCNCC2)C1. The van der Waals surface area contributed by atoms with Crippen molar-refractivity contribution in [2.24, 2.45) is 0 Å². The van der Waals surface area contributed by atoms with Gasteiger partial charge >= 0.3 is 0 Å². The molecule has 2 saturated heterocycles. The number of ether oxygens (including phenoxy) is 1. The zero-order chi connectivity index (χ0) is 11.2. The van der Waals surface area contributed by atoms with E-state index < -0.39 is 0 Å². The van der Waals surface area contributed by atoms with Crippen molar-refractivity contribution in [2.45, 2.75) is 12.6 Å². The molecule has 2 N–H and O–H groups in total. The Bertz CT molecular complexity index is 198. The molecule has 0 bridgehead atoms. The molecule has 5 nitrogen and oxygen atoms in total. The second-order valence-electron chi connectivity index (χ2n) is 4.49. The molecule has 16 heavy (non-hydrogen) atoms. The Labute approximate surface area is 97.4 Å². The van der Waals surface area contributed by atoms with Gasteiger partial charge in [-0.1, -0.05) is 0 Å². The Morgan fingerprint density at radius 2 is 2.06 bits per heavy atom. The smallest absolute Gasteiger partial charge is 0.123 e. The van der Waals surface area contributed by atoms with Crippen LogP contribution < -0.4 is 5.32 Å². The van der Waals surface area contributed by atoms with Gasteiger partial charge in [0.2, 0.25) is 0 Å². The van der Waals surface area contributed by atoms with Gasteiger partial charge in [-0.15, -0.1) is 0 Å². The zero-order valence-corrected chi connectivity index (χ0v) is 9.90. The van der Waals surface area contributed by atoms with Crippen molar-refractivity contribution < 1.29 is 9.84 Å². The van der Waals surface area contributed by atoms with Crippen LogP contribution >= 0.6 is 0 Å². The third-order valence-corrected chi connectivity index (χ3v) is 3.32. The number of nitrogens with one attached hydrogen (secondary N) is 1. The van der Waals surface area contributed by atoms with E-state index in [2.05, 4.69) is 15.1 Å². The highest BCUT2D eigenvalue weighted by molar-refractivity contribution is 4.76. The maximum Gasteiger partial charge on any atom is 0.123 e. The molecule has 1 unspecified atom stereocenters. The van der Waals surface area contributed by atoms with Crippen LogP contribution in [0.3, 0.4) is 0 Å². The van der Waals surface area contributed by atoms with Gasteiger partial charge in [0.05, 0.1) is 6.61 Å². The minimum Gasteiger partial charge on any atom is -0.396 e. The van der Waals surface area contributed by atoms with Crippen LogP contribution in [0.15, 0.2) is 0 Å². The van der Waals surface area contributed by atoms with E-state index >= 15 is 0 Å². The van der Waals surface area contributed by atoms with Crippen LogP contribution in [0.1, 0.15) is 6.42 Å². The van der Waals surface area contributed by atoms with Crippen molar-refractivity contribution in [1.82, 2.24) is 15.1 Å². The number of nitrogens with zero attached hydrogens (tertiary/aromatic N) is 2. The molecule has 1 atom stereocenters. The molecule has 0 aromatic heterocycles. The molecule has 0 saturated carbocycles. The summed E-state index contributed by atoms with van der Waals surface area (Å²) in [6.45, 7) is 8.38. The lowest BCUT2D eigenvalue weighted by molar-refractivity contribution is -0.115. The molecule has 0 spiro atoms. The number of hydrogen-bond acceptors (Lipinski definition) is 5. The normalized spacial score (nSPS) is 29.4. The van der Waals surface area contributed by atoms with Gasteiger partial charge < -0.3 is 15.2 Å². The fraction of sp³-hybridized carbons (Fsp3) is 1.00. The van der Waals surface area contributed by atoms with Crippen molar-refractivity contribution in [1.29, 1.82) is 0 Å². The average molecular weight is 229 g/mol. The van der Waals surface area contributed by atoms with Crippen molar-refractivity contribution in [3.05, 3.63) is 0 Å². The highest BCUT2D eigenvalue weighted by Crippen LogP contribution is 2.10. The molecule has 2 rings (SSSR count). The molecule has 0 amide bonds. The summed E-state index contributed by atoms with van der Waals surface area (Å²) in [7, 11) is 0. The number of hydrogen-bond donors (Lipinski definition) is 2. The monoisotopic (exact) mass is 229 g/mol. The first-order valence-corrected chi connectivity index (χ1v) is 6.30. The van der Waals surface area contributed by atoms with Gasteiger partial charge in [0.1, 0.15) is 6.23 Å². The van der Waals surface area contributed by atoms with Crippen LogP contribution in [-0.2, 0) is 4.74 Å². The standard InChI is InChI=1S/C11H23N3O2/c15-8-1-4-13-7-9-16-11(10-13)14-5-2-12-3-6-14/h11-12,15H,1-10H2. The molecule has 0 aromatic carbocycles. The largest absolute Gasteiger partial charge is 0.396 e. The molecule has 2 aliphatic heterocycles. The van der Waals surface area contributed by atoms with Crippen LogP contribution in [0, 0.1) is 0 Å². The lowest BCUT2D eigenvalue weighted by atomic mass is 10.3. The highest BCUT2D eigenvalue weighted by Gasteiger charge is 2.26. The van der Waals surface area contributed by atoms with Crippen molar-refractivity contribution in [2.75, 3.05) is 59.0 Å². The van der Waals surface area contributed by atoms with Gasteiger partial charge in [0.25, 0.3) is 0 Å². The lowest BCUT2D eigenvalue weighted by Crippen LogP contribution is -2.56. The molecule has 2 heterocycles. The molecule has 0 radical (unpaired) electrons. The third-order valence-electron chi connectivity index (χ3n) is 3.32. The molecular formula is C11H23N3O2. The van der Waals surface area contributed by atoms with E-state index in [1.165, 1.54) is 0 Å². The van der Waals surface area contributed by atoms with E-state index in [4.69, 9.17) is 9.84 Å². The van der Waals surface area contributed by atoms with Crippen molar-refractivity contribution in [3.63, 3.8) is 0 Å². The van der Waals surface area contributed by atoms with Gasteiger partial charge in [-0.05, 0) is 6.42 Å². The Morgan fingerprint density at radius 1 is 1.25 bits per heavy atom. The first kappa shape index (κ1) is 12.3. The molecular weight excluding hydrogens is 206 g/mol. The second-order valence-corrected chi connectivity index (χ2v) is 4.49. The summed E-state index contributed by atoms with van der Waals surface area (Å²) in [6, 6.07) is 0. The minimum atomic E-state index is 0.259. The summed E-state index contributed by atoms with van der Waals surface area (Å²) in [6.07, 6.45) is 1.13. The van der Waals surface area contributed by atoms with E-state index in [1.807, 2.05) is 0 Å². The number of aliphatic hydroxyl groups is 1. The maximum absolute atomic E-state index is 8.83. The zero-order valence-electron chi connectivity index (χ0n) is 9.90. The summed E-state index contributed by atoms with van der Waals surface area (Å²) in [5.74, 6) is 0. The number of piperazine rings is 1. The first-order valence-electron chi connectivity index (χ1n) is 6.30. The Hall–Kier alpha value is -0.200. The molecule has 94 valence electrons. The Kier molecular flexibility index (Phi) is 4.99. The Morgan fingerprint density at radius 3 is 2.81 bits per heavy atom. The molecule has 0 aromatic rings. The van der Waals surface area contributed by atoms with E-state index in [0.717, 1.165) is 58.8 Å². The topological polar surface area (TPSA) is 48.0 Å².